The van der Waals surface area contributed by atoms with Gasteiger partial charge in [0.15, 0.2) is 5.65 Å². The second-order valence-electron chi connectivity index (χ2n) is 4.52. The summed E-state index contributed by atoms with van der Waals surface area (Å²) in [6.45, 7) is 5.22. The van der Waals surface area contributed by atoms with Crippen LogP contribution in [0.15, 0.2) is 12.3 Å². The molecule has 2 rings (SSSR count). The van der Waals surface area contributed by atoms with Gasteiger partial charge in [-0.25, -0.2) is 9.97 Å². The van der Waals surface area contributed by atoms with Crippen molar-refractivity contribution >= 4 is 34.5 Å². The van der Waals surface area contributed by atoms with Crippen molar-refractivity contribution < 1.29 is 0 Å². The van der Waals surface area contributed by atoms with E-state index >= 15 is 0 Å². The molecule has 3 nitrogen and oxygen atoms in total. The van der Waals surface area contributed by atoms with E-state index in [1.165, 1.54) is 11.5 Å². The molecule has 0 N–H and O–H groups in total. The summed E-state index contributed by atoms with van der Waals surface area (Å²) >= 11 is 7.85. The molecule has 5 heteroatoms. The number of alkyl halides is 1. The molecule has 0 aliphatic heterocycles. The van der Waals surface area contributed by atoms with Crippen molar-refractivity contribution in [3.8, 4) is 0 Å². The van der Waals surface area contributed by atoms with Crippen LogP contribution in [0, 0.1) is 6.92 Å². The van der Waals surface area contributed by atoms with E-state index in [0.717, 1.165) is 41.9 Å². The van der Waals surface area contributed by atoms with Crippen LogP contribution in [-0.2, 0) is 13.0 Å². The fourth-order valence-electron chi connectivity index (χ4n) is 2.14. The van der Waals surface area contributed by atoms with Crippen LogP contribution in [0.4, 0.5) is 0 Å². The summed E-state index contributed by atoms with van der Waals surface area (Å²) < 4.78 is 2.23. The molecule has 0 bridgehead atoms. The van der Waals surface area contributed by atoms with Crippen molar-refractivity contribution in [1.29, 1.82) is 0 Å². The van der Waals surface area contributed by atoms with E-state index in [1.54, 1.807) is 0 Å². The predicted molar refractivity (Wildman–Crippen MR) is 84.3 cm³/mol. The zero-order valence-corrected chi connectivity index (χ0v) is 13.1. The van der Waals surface area contributed by atoms with Gasteiger partial charge < -0.3 is 4.57 Å². The Labute approximate surface area is 123 Å². The number of thioether (sulfide) groups is 1. The van der Waals surface area contributed by atoms with Gasteiger partial charge in [0.2, 0.25) is 0 Å². The largest absolute Gasteiger partial charge is 0.313 e. The summed E-state index contributed by atoms with van der Waals surface area (Å²) in [5.74, 6) is 4.02. The van der Waals surface area contributed by atoms with E-state index < -0.39 is 0 Å². The molecule has 0 atom stereocenters. The van der Waals surface area contributed by atoms with Crippen LogP contribution in [0.5, 0.6) is 0 Å². The zero-order valence-electron chi connectivity index (χ0n) is 11.5. The second-order valence-corrected chi connectivity index (χ2v) is 6.30. The Hall–Kier alpha value is -0.740. The average Bonchev–Trinajstić information content (AvgIpc) is 2.72. The second kappa shape index (κ2) is 7.15. The van der Waals surface area contributed by atoms with E-state index in [-0.39, 0.29) is 0 Å². The number of fused-ring (bicyclic) bond motifs is 1. The van der Waals surface area contributed by atoms with Crippen LogP contribution in [0.2, 0.25) is 0 Å². The maximum atomic E-state index is 5.87. The number of hydrogen-bond donors (Lipinski definition) is 0. The summed E-state index contributed by atoms with van der Waals surface area (Å²) in [5.41, 5.74) is 3.13. The van der Waals surface area contributed by atoms with Crippen LogP contribution in [0.3, 0.4) is 0 Å². The number of halogens is 1. The molecular weight excluding hydrogens is 278 g/mol. The van der Waals surface area contributed by atoms with Crippen molar-refractivity contribution in [2.45, 2.75) is 33.2 Å². The predicted octanol–water partition coefficient (Wildman–Crippen LogP) is 3.66. The van der Waals surface area contributed by atoms with Crippen molar-refractivity contribution in [3.63, 3.8) is 0 Å². The summed E-state index contributed by atoms with van der Waals surface area (Å²) in [6.07, 6.45) is 3.86. The number of rotatable bonds is 7. The fraction of sp³-hybridized carbons (Fsp3) is 0.571. The van der Waals surface area contributed by atoms with Gasteiger partial charge in [0.05, 0.1) is 0 Å². The van der Waals surface area contributed by atoms with Gasteiger partial charge in [0, 0.05) is 25.0 Å². The number of pyridine rings is 1. The lowest BCUT2D eigenvalue weighted by molar-refractivity contribution is 0.659. The van der Waals surface area contributed by atoms with Crippen molar-refractivity contribution in [3.05, 3.63) is 23.7 Å². The molecule has 2 aromatic heterocycles. The van der Waals surface area contributed by atoms with E-state index in [9.17, 15) is 0 Å². The third-order valence-electron chi connectivity index (χ3n) is 2.99. The van der Waals surface area contributed by atoms with Crippen molar-refractivity contribution in [2.24, 2.45) is 0 Å². The number of imidazole rings is 1. The summed E-state index contributed by atoms with van der Waals surface area (Å²) in [5, 5.41) is 0. The maximum absolute atomic E-state index is 5.87. The highest BCUT2D eigenvalue weighted by Crippen LogP contribution is 2.17. The van der Waals surface area contributed by atoms with Gasteiger partial charge in [-0.15, -0.1) is 11.6 Å². The van der Waals surface area contributed by atoms with E-state index in [4.69, 9.17) is 11.6 Å². The molecule has 0 amide bonds. The molecular formula is C14H20ClN3S. The highest BCUT2D eigenvalue weighted by molar-refractivity contribution is 7.99. The lowest BCUT2D eigenvalue weighted by Gasteiger charge is -2.07. The van der Waals surface area contributed by atoms with Crippen LogP contribution < -0.4 is 0 Å². The van der Waals surface area contributed by atoms with Gasteiger partial charge in [0.1, 0.15) is 11.3 Å². The van der Waals surface area contributed by atoms with Crippen LogP contribution in [0.1, 0.15) is 24.7 Å². The maximum Gasteiger partial charge on any atom is 0.160 e. The molecule has 2 heterocycles. The van der Waals surface area contributed by atoms with Crippen LogP contribution in [0.25, 0.3) is 11.2 Å². The van der Waals surface area contributed by atoms with Crippen LogP contribution >= 0.6 is 23.4 Å². The first-order valence-electron chi connectivity index (χ1n) is 6.71. The summed E-state index contributed by atoms with van der Waals surface area (Å²) in [6, 6.07) is 2.09. The lowest BCUT2D eigenvalue weighted by Crippen LogP contribution is -2.06. The smallest absolute Gasteiger partial charge is 0.160 e. The SMILES string of the molecule is CCSCCCn1c(CCCl)nc2cc(C)cnc21. The molecule has 0 fully saturated rings. The van der Waals surface area contributed by atoms with Gasteiger partial charge in [-0.1, -0.05) is 6.92 Å². The van der Waals surface area contributed by atoms with Gasteiger partial charge in [-0.05, 0) is 36.5 Å². The molecule has 0 unspecified atom stereocenters. The molecule has 0 saturated carbocycles. The first kappa shape index (κ1) is 14.7. The molecule has 19 heavy (non-hydrogen) atoms. The fourth-order valence-corrected chi connectivity index (χ4v) is 2.93. The Morgan fingerprint density at radius 2 is 2.26 bits per heavy atom. The highest BCUT2D eigenvalue weighted by Gasteiger charge is 2.11. The van der Waals surface area contributed by atoms with Gasteiger partial charge in [-0.2, -0.15) is 11.8 Å². The van der Waals surface area contributed by atoms with Gasteiger partial charge >= 0.3 is 0 Å². The zero-order chi connectivity index (χ0) is 13.7. The van der Waals surface area contributed by atoms with E-state index in [0.29, 0.717) is 5.88 Å². The monoisotopic (exact) mass is 297 g/mol. The number of nitrogens with zero attached hydrogens (tertiary/aromatic N) is 3. The number of hydrogen-bond acceptors (Lipinski definition) is 3. The minimum Gasteiger partial charge on any atom is -0.313 e. The van der Waals surface area contributed by atoms with Crippen molar-refractivity contribution in [1.82, 2.24) is 14.5 Å². The minimum absolute atomic E-state index is 0.603. The molecule has 104 valence electrons. The Morgan fingerprint density at radius 1 is 1.42 bits per heavy atom. The number of aromatic nitrogens is 3. The number of aryl methyl sites for hydroxylation is 3. The van der Waals surface area contributed by atoms with Gasteiger partial charge in [-0.3, -0.25) is 0 Å². The topological polar surface area (TPSA) is 30.7 Å². The third-order valence-corrected chi connectivity index (χ3v) is 4.17. The van der Waals surface area contributed by atoms with Crippen molar-refractivity contribution in [2.75, 3.05) is 17.4 Å². The standard InChI is InChI=1S/C14H20ClN3S/c1-3-19-8-4-7-18-13(5-6-15)17-12-9-11(2)10-16-14(12)18/h9-10H,3-8H2,1-2H3. The van der Waals surface area contributed by atoms with E-state index in [1.807, 2.05) is 24.9 Å². The molecule has 0 spiro atoms. The summed E-state index contributed by atoms with van der Waals surface area (Å²) in [4.78, 5) is 9.20. The molecule has 2 aromatic rings. The Morgan fingerprint density at radius 3 is 3.00 bits per heavy atom. The normalized spacial score (nSPS) is 11.3. The highest BCUT2D eigenvalue weighted by atomic mass is 35.5. The molecule has 0 radical (unpaired) electrons. The first-order valence-corrected chi connectivity index (χ1v) is 8.40. The Kier molecular flexibility index (Phi) is 5.52. The Bertz CT molecular complexity index is 539. The van der Waals surface area contributed by atoms with Gasteiger partial charge in [0.25, 0.3) is 0 Å². The minimum atomic E-state index is 0.603. The molecule has 0 aromatic carbocycles. The first-order chi connectivity index (χ1) is 9.26. The lowest BCUT2D eigenvalue weighted by atomic mass is 10.3. The molecule has 0 aliphatic rings. The third kappa shape index (κ3) is 3.63. The summed E-state index contributed by atoms with van der Waals surface area (Å²) in [7, 11) is 0. The quantitative estimate of drug-likeness (QED) is 0.577. The Balaban J connectivity index is 2.24. The average molecular weight is 298 g/mol. The van der Waals surface area contributed by atoms with Crippen LogP contribution in [-0.4, -0.2) is 31.9 Å². The molecule has 0 aliphatic carbocycles. The molecule has 0 saturated heterocycles. The van der Waals surface area contributed by atoms with E-state index in [2.05, 4.69) is 27.5 Å².